The number of likely N-dealkylation sites (tertiary alicyclic amines) is 1. The van der Waals surface area contributed by atoms with Crippen molar-refractivity contribution in [2.75, 3.05) is 37.7 Å². The highest BCUT2D eigenvalue weighted by atomic mass is 16.6. The number of esters is 1. The zero-order chi connectivity index (χ0) is 23.0. The molecule has 1 aromatic rings. The van der Waals surface area contributed by atoms with Crippen LogP contribution in [-0.2, 0) is 29.3 Å². The highest BCUT2D eigenvalue weighted by Crippen LogP contribution is 2.63. The first-order valence-electron chi connectivity index (χ1n) is 10.4. The molecule has 4 atom stereocenters. The molecular formula is C22H24N4O6. The number of ether oxygens (including phenoxy) is 2. The topological polar surface area (TPSA) is 129 Å². The van der Waals surface area contributed by atoms with Crippen LogP contribution in [0.3, 0.4) is 0 Å². The third-order valence-electron chi connectivity index (χ3n) is 6.43. The monoisotopic (exact) mass is 440 g/mol. The number of benzene rings is 1. The molecule has 3 fully saturated rings. The van der Waals surface area contributed by atoms with Crippen molar-refractivity contribution in [3.05, 3.63) is 29.8 Å². The SMILES string of the molecule is CC(=O)NC[C@H]1CN(c2ccc(C3(C#N)[C@@H]4CN(C(=O)COC(C)=O)C[C@@H]43)cc2)C(=O)O1. The zero-order valence-electron chi connectivity index (χ0n) is 17.9. The number of carbonyl (C=O) groups excluding carboxylic acids is 4. The van der Waals surface area contributed by atoms with Crippen molar-refractivity contribution in [3.63, 3.8) is 0 Å². The molecule has 0 aromatic heterocycles. The van der Waals surface area contributed by atoms with Gasteiger partial charge in [-0.2, -0.15) is 5.26 Å². The van der Waals surface area contributed by atoms with Crippen LogP contribution in [0.25, 0.3) is 0 Å². The first-order valence-corrected chi connectivity index (χ1v) is 10.4. The maximum atomic E-state index is 12.2. The molecule has 0 radical (unpaired) electrons. The van der Waals surface area contributed by atoms with Gasteiger partial charge in [-0.25, -0.2) is 4.79 Å². The van der Waals surface area contributed by atoms with Crippen LogP contribution in [0.5, 0.6) is 0 Å². The van der Waals surface area contributed by atoms with E-state index in [4.69, 9.17) is 9.47 Å². The Balaban J connectivity index is 1.39. The Hall–Kier alpha value is -3.61. The maximum absolute atomic E-state index is 12.2. The molecule has 1 saturated carbocycles. The fourth-order valence-corrected chi connectivity index (χ4v) is 4.76. The van der Waals surface area contributed by atoms with E-state index >= 15 is 0 Å². The molecule has 4 rings (SSSR count). The van der Waals surface area contributed by atoms with Gasteiger partial charge in [0, 0.05) is 44.5 Å². The molecule has 1 N–H and O–H groups in total. The average molecular weight is 440 g/mol. The van der Waals surface area contributed by atoms with Crippen molar-refractivity contribution in [3.8, 4) is 6.07 Å². The van der Waals surface area contributed by atoms with Crippen molar-refractivity contribution in [2.45, 2.75) is 25.4 Å². The lowest BCUT2D eigenvalue weighted by molar-refractivity contribution is -0.150. The van der Waals surface area contributed by atoms with Crippen LogP contribution in [0, 0.1) is 23.2 Å². The molecule has 0 spiro atoms. The summed E-state index contributed by atoms with van der Waals surface area (Å²) in [6, 6.07) is 9.70. The van der Waals surface area contributed by atoms with Crippen LogP contribution in [0.15, 0.2) is 24.3 Å². The number of nitrogens with zero attached hydrogens (tertiary/aromatic N) is 3. The van der Waals surface area contributed by atoms with E-state index in [-0.39, 0.29) is 36.8 Å². The van der Waals surface area contributed by atoms with Crippen LogP contribution in [0.2, 0.25) is 0 Å². The van der Waals surface area contributed by atoms with Crippen molar-refractivity contribution < 1.29 is 28.7 Å². The molecule has 0 bridgehead atoms. The van der Waals surface area contributed by atoms with Crippen LogP contribution >= 0.6 is 0 Å². The molecule has 10 nitrogen and oxygen atoms in total. The van der Waals surface area contributed by atoms with E-state index in [0.29, 0.717) is 25.3 Å². The number of piperidine rings is 1. The van der Waals surface area contributed by atoms with Crippen LogP contribution in [-0.4, -0.2) is 67.7 Å². The minimum atomic E-state index is -0.657. The van der Waals surface area contributed by atoms with E-state index in [1.165, 1.54) is 18.7 Å². The number of nitriles is 1. The molecule has 3 amide bonds. The summed E-state index contributed by atoms with van der Waals surface area (Å²) in [5.41, 5.74) is 0.852. The Morgan fingerprint density at radius 3 is 2.41 bits per heavy atom. The third kappa shape index (κ3) is 3.75. The third-order valence-corrected chi connectivity index (χ3v) is 6.43. The average Bonchev–Trinajstić information content (AvgIpc) is 3.07. The summed E-state index contributed by atoms with van der Waals surface area (Å²) >= 11 is 0. The Kier molecular flexibility index (Phi) is 5.50. The lowest BCUT2D eigenvalue weighted by Crippen LogP contribution is -2.37. The van der Waals surface area contributed by atoms with Gasteiger partial charge < -0.3 is 19.7 Å². The molecule has 1 aliphatic carbocycles. The fourth-order valence-electron chi connectivity index (χ4n) is 4.76. The Labute approximate surface area is 185 Å². The van der Waals surface area contributed by atoms with Crippen LogP contribution < -0.4 is 10.2 Å². The second kappa shape index (κ2) is 8.15. The van der Waals surface area contributed by atoms with E-state index in [1.807, 2.05) is 12.1 Å². The van der Waals surface area contributed by atoms with Gasteiger partial charge in [0.15, 0.2) is 6.61 Å². The van der Waals surface area contributed by atoms with E-state index in [9.17, 15) is 24.4 Å². The van der Waals surface area contributed by atoms with Crippen LogP contribution in [0.1, 0.15) is 19.4 Å². The number of fused-ring (bicyclic) bond motifs is 1. The molecular weight excluding hydrogens is 416 g/mol. The smallest absolute Gasteiger partial charge is 0.414 e. The van der Waals surface area contributed by atoms with Gasteiger partial charge in [0.2, 0.25) is 5.91 Å². The molecule has 2 aliphatic heterocycles. The van der Waals surface area contributed by atoms with Gasteiger partial charge in [0.1, 0.15) is 6.10 Å². The Morgan fingerprint density at radius 1 is 1.19 bits per heavy atom. The number of amides is 3. The van der Waals surface area contributed by atoms with Crippen molar-refractivity contribution in [1.82, 2.24) is 10.2 Å². The number of nitrogens with one attached hydrogen (secondary N) is 1. The molecule has 1 unspecified atom stereocenters. The summed E-state index contributed by atoms with van der Waals surface area (Å²) in [4.78, 5) is 49.5. The predicted octanol–water partition coefficient (Wildman–Crippen LogP) is 0.561. The first kappa shape index (κ1) is 21.6. The van der Waals surface area contributed by atoms with E-state index in [1.54, 1.807) is 17.0 Å². The van der Waals surface area contributed by atoms with E-state index < -0.39 is 23.6 Å². The minimum absolute atomic E-state index is 0.0263. The van der Waals surface area contributed by atoms with Crippen LogP contribution in [0.4, 0.5) is 10.5 Å². The van der Waals surface area contributed by atoms with Gasteiger partial charge in [0.05, 0.1) is 24.6 Å². The van der Waals surface area contributed by atoms with Crippen molar-refractivity contribution >= 4 is 29.6 Å². The number of carbonyl (C=O) groups is 4. The van der Waals surface area contributed by atoms with Gasteiger partial charge in [-0.15, -0.1) is 0 Å². The predicted molar refractivity (Wildman–Crippen MR) is 110 cm³/mol. The quantitative estimate of drug-likeness (QED) is 0.640. The highest BCUT2D eigenvalue weighted by Gasteiger charge is 2.70. The summed E-state index contributed by atoms with van der Waals surface area (Å²) in [6.45, 7) is 3.85. The van der Waals surface area contributed by atoms with Crippen molar-refractivity contribution in [1.29, 1.82) is 5.26 Å². The molecule has 3 aliphatic rings. The highest BCUT2D eigenvalue weighted by molar-refractivity contribution is 5.90. The molecule has 10 heteroatoms. The molecule has 2 heterocycles. The normalized spacial score (nSPS) is 27.9. The number of rotatable bonds is 6. The molecule has 1 aromatic carbocycles. The van der Waals surface area contributed by atoms with E-state index in [2.05, 4.69) is 11.4 Å². The Bertz CT molecular complexity index is 989. The second-order valence-electron chi connectivity index (χ2n) is 8.37. The maximum Gasteiger partial charge on any atom is 0.414 e. The summed E-state index contributed by atoms with van der Waals surface area (Å²) in [7, 11) is 0. The lowest BCUT2D eigenvalue weighted by atomic mass is 9.91. The van der Waals surface area contributed by atoms with Gasteiger partial charge in [-0.05, 0) is 17.7 Å². The molecule has 32 heavy (non-hydrogen) atoms. The number of hydrogen-bond donors (Lipinski definition) is 1. The fraction of sp³-hybridized carbons (Fsp3) is 0.500. The lowest BCUT2D eigenvalue weighted by Gasteiger charge is -2.23. The second-order valence-corrected chi connectivity index (χ2v) is 8.37. The largest absolute Gasteiger partial charge is 0.456 e. The summed E-state index contributed by atoms with van der Waals surface area (Å²) in [5.74, 6) is -0.891. The van der Waals surface area contributed by atoms with Gasteiger partial charge in [0.25, 0.3) is 5.91 Å². The molecule has 168 valence electrons. The summed E-state index contributed by atoms with van der Waals surface area (Å²) < 4.78 is 10.1. The number of hydrogen-bond acceptors (Lipinski definition) is 7. The van der Waals surface area contributed by atoms with Crippen molar-refractivity contribution in [2.24, 2.45) is 11.8 Å². The number of anilines is 1. The Morgan fingerprint density at radius 2 is 1.84 bits per heavy atom. The zero-order valence-corrected chi connectivity index (χ0v) is 17.9. The summed E-state index contributed by atoms with van der Waals surface area (Å²) in [5, 5.41) is 12.6. The van der Waals surface area contributed by atoms with Gasteiger partial charge >= 0.3 is 12.1 Å². The first-order chi connectivity index (χ1) is 15.3. The summed E-state index contributed by atoms with van der Waals surface area (Å²) in [6.07, 6.45) is -0.900. The molecule has 2 saturated heterocycles. The van der Waals surface area contributed by atoms with Gasteiger partial charge in [-0.1, -0.05) is 12.1 Å². The van der Waals surface area contributed by atoms with E-state index in [0.717, 1.165) is 5.56 Å². The number of cyclic esters (lactones) is 1. The standard InChI is InChI=1S/C22H24N4O6/c1-13(27)24-7-17-8-26(21(30)32-17)16-5-3-15(4-6-16)22(12-23)18-9-25(10-19(18)22)20(29)11-31-14(2)28/h3-6,17-19H,7-11H2,1-2H3,(H,24,27)/t17-,18-,19+,22?/m0/s1. The minimum Gasteiger partial charge on any atom is -0.456 e. The van der Waals surface area contributed by atoms with Gasteiger partial charge in [-0.3, -0.25) is 19.3 Å².